The van der Waals surface area contributed by atoms with Crippen molar-refractivity contribution in [3.63, 3.8) is 0 Å². The lowest BCUT2D eigenvalue weighted by atomic mass is 10.1. The quantitative estimate of drug-likeness (QED) is 0.725. The molecule has 1 fully saturated rings. The van der Waals surface area contributed by atoms with Crippen LogP contribution in [0.1, 0.15) is 27.7 Å². The minimum atomic E-state index is -0.696. The van der Waals surface area contributed by atoms with Gasteiger partial charge in [-0.3, -0.25) is 4.79 Å². The van der Waals surface area contributed by atoms with Gasteiger partial charge in [-0.05, 0) is 27.7 Å². The predicted octanol–water partition coefficient (Wildman–Crippen LogP) is 1.77. The van der Waals surface area contributed by atoms with E-state index in [4.69, 9.17) is 4.74 Å². The van der Waals surface area contributed by atoms with E-state index in [1.165, 1.54) is 0 Å². The van der Waals surface area contributed by atoms with Crippen molar-refractivity contribution in [1.82, 2.24) is 4.90 Å². The summed E-state index contributed by atoms with van der Waals surface area (Å²) in [7, 11) is 1.59. The fourth-order valence-electron chi connectivity index (χ4n) is 1.66. The summed E-state index contributed by atoms with van der Waals surface area (Å²) < 4.78 is 5.39. The zero-order valence-electron chi connectivity index (χ0n) is 10.3. The van der Waals surface area contributed by atoms with Crippen LogP contribution in [-0.4, -0.2) is 47.1 Å². The highest BCUT2D eigenvalue weighted by molar-refractivity contribution is 8.00. The summed E-state index contributed by atoms with van der Waals surface area (Å²) >= 11 is 1.93. The number of amides is 1. The zero-order chi connectivity index (χ0) is 11.7. The normalized spacial score (nSPS) is 21.5. The van der Waals surface area contributed by atoms with Crippen LogP contribution in [0.3, 0.4) is 0 Å². The first-order valence-corrected chi connectivity index (χ1v) is 6.25. The fourth-order valence-corrected chi connectivity index (χ4v) is 2.77. The van der Waals surface area contributed by atoms with Gasteiger partial charge < -0.3 is 9.64 Å². The maximum Gasteiger partial charge on any atom is 0.254 e. The third-order valence-electron chi connectivity index (χ3n) is 2.74. The fraction of sp³-hybridized carbons (Fsp3) is 0.909. The van der Waals surface area contributed by atoms with Crippen LogP contribution in [0.4, 0.5) is 0 Å². The van der Waals surface area contributed by atoms with Crippen molar-refractivity contribution in [2.45, 2.75) is 38.0 Å². The molecule has 3 nitrogen and oxygen atoms in total. The number of hydrogen-bond acceptors (Lipinski definition) is 3. The van der Waals surface area contributed by atoms with Crippen LogP contribution in [0, 0.1) is 0 Å². The summed E-state index contributed by atoms with van der Waals surface area (Å²) in [5.74, 6) is 1.11. The van der Waals surface area contributed by atoms with Crippen molar-refractivity contribution >= 4 is 17.7 Å². The van der Waals surface area contributed by atoms with E-state index in [0.717, 1.165) is 18.8 Å². The molecule has 0 aromatic rings. The van der Waals surface area contributed by atoms with Crippen LogP contribution >= 0.6 is 11.8 Å². The van der Waals surface area contributed by atoms with Gasteiger partial charge in [-0.2, -0.15) is 11.8 Å². The zero-order valence-corrected chi connectivity index (χ0v) is 11.1. The van der Waals surface area contributed by atoms with E-state index < -0.39 is 5.60 Å². The average molecular weight is 231 g/mol. The molecule has 0 unspecified atom stereocenters. The van der Waals surface area contributed by atoms with Crippen molar-refractivity contribution in [2.75, 3.05) is 26.0 Å². The number of nitrogens with zero attached hydrogens (tertiary/aromatic N) is 1. The van der Waals surface area contributed by atoms with Crippen molar-refractivity contribution in [3.05, 3.63) is 0 Å². The molecule has 1 aliphatic heterocycles. The summed E-state index contributed by atoms with van der Waals surface area (Å²) in [6.07, 6.45) is 0. The number of carbonyl (C=O) groups is 1. The first-order valence-electron chi connectivity index (χ1n) is 5.27. The van der Waals surface area contributed by atoms with Gasteiger partial charge in [-0.25, -0.2) is 0 Å². The molecule has 0 radical (unpaired) electrons. The Morgan fingerprint density at radius 3 is 2.53 bits per heavy atom. The van der Waals surface area contributed by atoms with E-state index in [-0.39, 0.29) is 10.7 Å². The molecule has 15 heavy (non-hydrogen) atoms. The Labute approximate surface area is 96.5 Å². The molecule has 1 heterocycles. The number of carbonyl (C=O) groups excluding carboxylic acids is 1. The third-order valence-corrected chi connectivity index (χ3v) is 4.04. The minimum Gasteiger partial charge on any atom is -0.369 e. The van der Waals surface area contributed by atoms with Gasteiger partial charge in [0.15, 0.2) is 0 Å². The lowest BCUT2D eigenvalue weighted by Gasteiger charge is -2.40. The second kappa shape index (κ2) is 4.34. The maximum absolute atomic E-state index is 12.1. The van der Waals surface area contributed by atoms with E-state index in [2.05, 4.69) is 13.8 Å². The molecule has 1 aliphatic rings. The summed E-state index contributed by atoms with van der Waals surface area (Å²) in [4.78, 5) is 14.0. The summed E-state index contributed by atoms with van der Waals surface area (Å²) in [6, 6.07) is 0. The summed E-state index contributed by atoms with van der Waals surface area (Å²) in [5, 5.41) is 0. The molecule has 4 heteroatoms. The third kappa shape index (κ3) is 3.11. The largest absolute Gasteiger partial charge is 0.369 e. The molecule has 0 aliphatic carbocycles. The highest BCUT2D eigenvalue weighted by atomic mass is 32.2. The van der Waals surface area contributed by atoms with Crippen LogP contribution in [0.2, 0.25) is 0 Å². The molecule has 0 aromatic heterocycles. The number of ether oxygens (including phenoxy) is 1. The van der Waals surface area contributed by atoms with E-state index in [9.17, 15) is 4.79 Å². The summed E-state index contributed by atoms with van der Waals surface area (Å²) in [5.41, 5.74) is -0.696. The maximum atomic E-state index is 12.1. The van der Waals surface area contributed by atoms with Gasteiger partial charge in [0.1, 0.15) is 5.60 Å². The SMILES string of the molecule is COC(C)(C)C(=O)N1CCSC(C)(C)C1. The minimum absolute atomic E-state index is 0.0957. The Kier molecular flexibility index (Phi) is 3.71. The molecule has 0 bridgehead atoms. The Bertz CT molecular complexity index is 251. The second-order valence-electron chi connectivity index (χ2n) is 5.05. The predicted molar refractivity (Wildman–Crippen MR) is 64.2 cm³/mol. The first-order chi connectivity index (χ1) is 6.78. The molecule has 0 aromatic carbocycles. The van der Waals surface area contributed by atoms with E-state index >= 15 is 0 Å². The van der Waals surface area contributed by atoms with Gasteiger partial charge in [-0.15, -0.1) is 0 Å². The van der Waals surface area contributed by atoms with Crippen molar-refractivity contribution in [3.8, 4) is 0 Å². The van der Waals surface area contributed by atoms with Crippen molar-refractivity contribution in [2.24, 2.45) is 0 Å². The van der Waals surface area contributed by atoms with E-state index in [0.29, 0.717) is 0 Å². The molecule has 0 atom stereocenters. The highest BCUT2D eigenvalue weighted by Crippen LogP contribution is 2.30. The second-order valence-corrected chi connectivity index (χ2v) is 6.85. The number of hydrogen-bond donors (Lipinski definition) is 0. The van der Waals surface area contributed by atoms with E-state index in [1.807, 2.05) is 30.5 Å². The molecule has 0 spiro atoms. The van der Waals surface area contributed by atoms with Crippen LogP contribution < -0.4 is 0 Å². The Hall–Kier alpha value is -0.220. The van der Waals surface area contributed by atoms with Crippen molar-refractivity contribution < 1.29 is 9.53 Å². The van der Waals surface area contributed by atoms with E-state index in [1.54, 1.807) is 7.11 Å². The Morgan fingerprint density at radius 1 is 1.47 bits per heavy atom. The van der Waals surface area contributed by atoms with Gasteiger partial charge in [0.05, 0.1) is 0 Å². The molecule has 0 N–H and O–H groups in total. The molecule has 1 amide bonds. The number of rotatable bonds is 2. The molecular weight excluding hydrogens is 210 g/mol. The van der Waals surface area contributed by atoms with Crippen molar-refractivity contribution in [1.29, 1.82) is 0 Å². The first kappa shape index (κ1) is 12.8. The van der Waals surface area contributed by atoms with Crippen LogP contribution in [0.25, 0.3) is 0 Å². The van der Waals surface area contributed by atoms with Gasteiger partial charge in [0, 0.05) is 30.7 Å². The molecular formula is C11H21NO2S. The number of methoxy groups -OCH3 is 1. The van der Waals surface area contributed by atoms with Gasteiger partial charge in [-0.1, -0.05) is 0 Å². The summed E-state index contributed by atoms with van der Waals surface area (Å²) in [6.45, 7) is 9.64. The van der Waals surface area contributed by atoms with Crippen LogP contribution in [-0.2, 0) is 9.53 Å². The standard InChI is InChI=1S/C11H21NO2S/c1-10(2)8-12(6-7-15-10)9(13)11(3,4)14-5/h6-8H2,1-5H3. The average Bonchev–Trinajstić information content (AvgIpc) is 2.15. The molecule has 0 saturated carbocycles. The Morgan fingerprint density at radius 2 is 2.07 bits per heavy atom. The highest BCUT2D eigenvalue weighted by Gasteiger charge is 2.36. The van der Waals surface area contributed by atoms with Gasteiger partial charge in [0.25, 0.3) is 5.91 Å². The molecule has 88 valence electrons. The smallest absolute Gasteiger partial charge is 0.254 e. The van der Waals surface area contributed by atoms with Crippen LogP contribution in [0.5, 0.6) is 0 Å². The monoisotopic (exact) mass is 231 g/mol. The molecule has 1 rings (SSSR count). The lowest BCUT2D eigenvalue weighted by molar-refractivity contribution is -0.151. The van der Waals surface area contributed by atoms with Gasteiger partial charge >= 0.3 is 0 Å². The number of thioether (sulfide) groups is 1. The Balaban J connectivity index is 2.68. The molecule has 1 saturated heterocycles. The lowest BCUT2D eigenvalue weighted by Crippen LogP contribution is -2.53. The van der Waals surface area contributed by atoms with Gasteiger partial charge in [0.2, 0.25) is 0 Å². The topological polar surface area (TPSA) is 29.5 Å². The van der Waals surface area contributed by atoms with Crippen LogP contribution in [0.15, 0.2) is 0 Å².